The summed E-state index contributed by atoms with van der Waals surface area (Å²) < 4.78 is 20.2. The van der Waals surface area contributed by atoms with Crippen LogP contribution in [0, 0.1) is 12.7 Å². The molecular weight excluding hydrogens is 439 g/mol. The molecule has 2 saturated heterocycles. The molecule has 0 aromatic heterocycles. The second-order valence-corrected chi connectivity index (χ2v) is 8.74. The number of cyclic esters (lactones) is 1. The van der Waals surface area contributed by atoms with E-state index in [0.717, 1.165) is 5.56 Å². The largest absolute Gasteiger partial charge is 0.442 e. The molecule has 8 nitrogen and oxygen atoms in total. The number of halogens is 1. The van der Waals surface area contributed by atoms with Crippen molar-refractivity contribution < 1.29 is 23.5 Å². The van der Waals surface area contributed by atoms with Gasteiger partial charge in [-0.05, 0) is 25.1 Å². The van der Waals surface area contributed by atoms with Gasteiger partial charge in [-0.15, -0.1) is 0 Å². The first kappa shape index (κ1) is 23.7. The minimum atomic E-state index is -0.561. The highest BCUT2D eigenvalue weighted by molar-refractivity contribution is 5.97. The molecule has 2 aliphatic heterocycles. The zero-order valence-electron chi connectivity index (χ0n) is 19.4. The topological polar surface area (TPSA) is 82.2 Å². The first-order valence-corrected chi connectivity index (χ1v) is 11.4. The molecule has 0 saturated carbocycles. The van der Waals surface area contributed by atoms with Gasteiger partial charge in [-0.25, -0.2) is 9.18 Å². The van der Waals surface area contributed by atoms with E-state index in [1.54, 1.807) is 12.1 Å². The van der Waals surface area contributed by atoms with E-state index in [4.69, 9.17) is 4.74 Å². The van der Waals surface area contributed by atoms with E-state index in [-0.39, 0.29) is 24.8 Å². The monoisotopic (exact) mass is 468 g/mol. The highest BCUT2D eigenvalue weighted by Gasteiger charge is 2.33. The van der Waals surface area contributed by atoms with E-state index in [0.29, 0.717) is 49.7 Å². The summed E-state index contributed by atoms with van der Waals surface area (Å²) in [5, 5.41) is 2.62. The zero-order valence-corrected chi connectivity index (χ0v) is 19.4. The van der Waals surface area contributed by atoms with Crippen LogP contribution in [0.2, 0.25) is 0 Å². The van der Waals surface area contributed by atoms with Crippen LogP contribution in [0.15, 0.2) is 42.5 Å². The molecule has 4 rings (SSSR count). The van der Waals surface area contributed by atoms with Crippen molar-refractivity contribution in [2.24, 2.45) is 0 Å². The van der Waals surface area contributed by atoms with Gasteiger partial charge < -0.3 is 15.0 Å². The maximum Gasteiger partial charge on any atom is 0.414 e. The third kappa shape index (κ3) is 5.53. The molecule has 180 valence electrons. The standard InChI is InChI=1S/C25H29FN4O4/c1-17-3-5-19(6-4-17)24(32)16-28-9-11-29(12-10-28)23-8-7-20(13-22(23)26)30-15-21(34-25(30)33)14-27-18(2)31/h3-8,13,21H,9-12,14-16H2,1-2H3,(H,27,31)/t21-/m0/s1. The van der Waals surface area contributed by atoms with Crippen molar-refractivity contribution in [1.82, 2.24) is 10.2 Å². The summed E-state index contributed by atoms with van der Waals surface area (Å²) in [4.78, 5) is 41.2. The van der Waals surface area contributed by atoms with Crippen LogP contribution < -0.4 is 15.1 Å². The van der Waals surface area contributed by atoms with Crippen LogP contribution in [0.5, 0.6) is 0 Å². The number of piperazine rings is 1. The van der Waals surface area contributed by atoms with E-state index in [1.807, 2.05) is 36.1 Å². The molecule has 0 bridgehead atoms. The second-order valence-electron chi connectivity index (χ2n) is 8.74. The van der Waals surface area contributed by atoms with Crippen molar-refractivity contribution in [2.45, 2.75) is 20.0 Å². The predicted molar refractivity (Wildman–Crippen MR) is 127 cm³/mol. The van der Waals surface area contributed by atoms with E-state index in [2.05, 4.69) is 10.2 Å². The highest BCUT2D eigenvalue weighted by Crippen LogP contribution is 2.28. The molecule has 2 aromatic rings. The fourth-order valence-electron chi connectivity index (χ4n) is 4.20. The normalized spacial score (nSPS) is 18.7. The molecule has 1 N–H and O–H groups in total. The highest BCUT2D eigenvalue weighted by atomic mass is 19.1. The van der Waals surface area contributed by atoms with Gasteiger partial charge in [0.2, 0.25) is 5.91 Å². The van der Waals surface area contributed by atoms with Crippen molar-refractivity contribution in [3.8, 4) is 0 Å². The molecule has 34 heavy (non-hydrogen) atoms. The Hall–Kier alpha value is -3.46. The van der Waals surface area contributed by atoms with Crippen molar-refractivity contribution in [1.29, 1.82) is 0 Å². The molecular formula is C25H29FN4O4. The summed E-state index contributed by atoms with van der Waals surface area (Å²) in [7, 11) is 0. The van der Waals surface area contributed by atoms with Crippen LogP contribution in [0.1, 0.15) is 22.8 Å². The quantitative estimate of drug-likeness (QED) is 0.629. The number of hydrogen-bond donors (Lipinski definition) is 1. The molecule has 2 fully saturated rings. The number of nitrogens with zero attached hydrogens (tertiary/aromatic N) is 3. The second kappa shape index (κ2) is 10.2. The minimum Gasteiger partial charge on any atom is -0.442 e. The summed E-state index contributed by atoms with van der Waals surface area (Å²) >= 11 is 0. The number of Topliss-reactive ketones (excluding diaryl/α,β-unsaturated/α-hetero) is 1. The van der Waals surface area contributed by atoms with E-state index < -0.39 is 18.0 Å². The number of carbonyl (C=O) groups is 3. The Morgan fingerprint density at radius 1 is 1.09 bits per heavy atom. The average molecular weight is 469 g/mol. The molecule has 1 atom stereocenters. The number of nitrogens with one attached hydrogen (secondary N) is 1. The van der Waals surface area contributed by atoms with E-state index in [1.165, 1.54) is 17.9 Å². The molecule has 2 aliphatic rings. The van der Waals surface area contributed by atoms with Gasteiger partial charge >= 0.3 is 6.09 Å². The Balaban J connectivity index is 1.32. The Morgan fingerprint density at radius 3 is 2.44 bits per heavy atom. The molecule has 2 heterocycles. The van der Waals surface area contributed by atoms with Crippen LogP contribution in [-0.4, -0.2) is 74.6 Å². The Kier molecular flexibility index (Phi) is 7.12. The van der Waals surface area contributed by atoms with Gasteiger partial charge in [0.15, 0.2) is 5.78 Å². The first-order chi connectivity index (χ1) is 16.3. The number of aryl methyl sites for hydroxylation is 1. The third-order valence-corrected chi connectivity index (χ3v) is 6.15. The first-order valence-electron chi connectivity index (χ1n) is 11.4. The molecule has 0 unspecified atom stereocenters. The Labute approximate surface area is 198 Å². The number of carbonyl (C=O) groups excluding carboxylic acids is 3. The summed E-state index contributed by atoms with van der Waals surface area (Å²) in [6, 6.07) is 12.3. The van der Waals surface area contributed by atoms with Crippen LogP contribution in [0.4, 0.5) is 20.6 Å². The maximum atomic E-state index is 15.0. The van der Waals surface area contributed by atoms with Crippen molar-refractivity contribution in [2.75, 3.05) is 55.6 Å². The molecule has 9 heteroatoms. The number of hydrogen-bond acceptors (Lipinski definition) is 6. The number of benzene rings is 2. The lowest BCUT2D eigenvalue weighted by molar-refractivity contribution is -0.119. The number of rotatable bonds is 7. The van der Waals surface area contributed by atoms with Gasteiger partial charge in [0.1, 0.15) is 11.9 Å². The summed E-state index contributed by atoms with van der Waals surface area (Å²) in [6.07, 6.45) is -1.04. The van der Waals surface area contributed by atoms with Gasteiger partial charge in [0.25, 0.3) is 0 Å². The lowest BCUT2D eigenvalue weighted by Crippen LogP contribution is -2.48. The van der Waals surface area contributed by atoms with Gasteiger partial charge in [0, 0.05) is 38.7 Å². The number of ether oxygens (including phenoxy) is 1. The van der Waals surface area contributed by atoms with E-state index in [9.17, 15) is 18.8 Å². The SMILES string of the molecule is CC(=O)NC[C@H]1CN(c2ccc(N3CCN(CC(=O)c4ccc(C)cc4)CC3)c(F)c2)C(=O)O1. The maximum absolute atomic E-state index is 15.0. The number of ketones is 1. The minimum absolute atomic E-state index is 0.0817. The predicted octanol–water partition coefficient (Wildman–Crippen LogP) is 2.60. The Bertz CT molecular complexity index is 1070. The van der Waals surface area contributed by atoms with Gasteiger partial charge in [0.05, 0.1) is 31.0 Å². The van der Waals surface area contributed by atoms with Crippen molar-refractivity contribution in [3.63, 3.8) is 0 Å². The zero-order chi connectivity index (χ0) is 24.2. The molecule has 0 radical (unpaired) electrons. The van der Waals surface area contributed by atoms with Crippen LogP contribution in [0.25, 0.3) is 0 Å². The molecule has 2 amide bonds. The van der Waals surface area contributed by atoms with E-state index >= 15 is 0 Å². The van der Waals surface area contributed by atoms with Gasteiger partial charge in [-0.2, -0.15) is 0 Å². The molecule has 0 aliphatic carbocycles. The lowest BCUT2D eigenvalue weighted by atomic mass is 10.1. The van der Waals surface area contributed by atoms with Crippen LogP contribution in [-0.2, 0) is 9.53 Å². The van der Waals surface area contributed by atoms with Gasteiger partial charge in [-0.3, -0.25) is 19.4 Å². The van der Waals surface area contributed by atoms with Gasteiger partial charge in [-0.1, -0.05) is 29.8 Å². The number of anilines is 2. The third-order valence-electron chi connectivity index (χ3n) is 6.15. The van der Waals surface area contributed by atoms with Crippen molar-refractivity contribution in [3.05, 3.63) is 59.4 Å². The smallest absolute Gasteiger partial charge is 0.414 e. The molecule has 0 spiro atoms. The lowest BCUT2D eigenvalue weighted by Gasteiger charge is -2.36. The fourth-order valence-corrected chi connectivity index (χ4v) is 4.20. The summed E-state index contributed by atoms with van der Waals surface area (Å²) in [5.74, 6) is -0.539. The van der Waals surface area contributed by atoms with Crippen LogP contribution >= 0.6 is 0 Å². The molecule has 2 aromatic carbocycles. The Morgan fingerprint density at radius 2 is 1.79 bits per heavy atom. The summed E-state index contributed by atoms with van der Waals surface area (Å²) in [6.45, 7) is 6.69. The fraction of sp³-hybridized carbons (Fsp3) is 0.400. The number of amides is 2. The summed E-state index contributed by atoms with van der Waals surface area (Å²) in [5.41, 5.74) is 2.70. The average Bonchev–Trinajstić information content (AvgIpc) is 3.19. The van der Waals surface area contributed by atoms with Crippen molar-refractivity contribution >= 4 is 29.2 Å². The van der Waals surface area contributed by atoms with Crippen LogP contribution in [0.3, 0.4) is 0 Å².